The van der Waals surface area contributed by atoms with Gasteiger partial charge in [-0.1, -0.05) is 72.0 Å². The molecule has 156 valence electrons. The molecule has 1 aliphatic heterocycles. The first kappa shape index (κ1) is 19.7. The average Bonchev–Trinajstić information content (AvgIpc) is 3.19. The first-order chi connectivity index (χ1) is 15.1. The summed E-state index contributed by atoms with van der Waals surface area (Å²) < 4.78 is 13.3. The molecule has 0 radical (unpaired) electrons. The fourth-order valence-corrected chi connectivity index (χ4v) is 5.06. The molecule has 6 heteroatoms. The molecule has 1 aromatic heterocycles. The van der Waals surface area contributed by atoms with E-state index in [1.54, 1.807) is 17.4 Å². The lowest BCUT2D eigenvalue weighted by atomic mass is 9.91. The highest BCUT2D eigenvalue weighted by atomic mass is 32.1. The zero-order valence-electron chi connectivity index (χ0n) is 16.7. The van der Waals surface area contributed by atoms with Crippen molar-refractivity contribution in [3.8, 4) is 21.7 Å². The maximum absolute atomic E-state index is 13.3. The van der Waals surface area contributed by atoms with E-state index < -0.39 is 5.97 Å². The summed E-state index contributed by atoms with van der Waals surface area (Å²) in [5.74, 6) is -1.07. The summed E-state index contributed by atoms with van der Waals surface area (Å²) >= 11 is 1.60. The van der Waals surface area contributed by atoms with Crippen molar-refractivity contribution in [3.63, 3.8) is 0 Å². The largest absolute Gasteiger partial charge is 0.481 e. The van der Waals surface area contributed by atoms with Crippen molar-refractivity contribution in [2.24, 2.45) is 5.92 Å². The molecule has 3 aromatic rings. The van der Waals surface area contributed by atoms with Gasteiger partial charge in [0.15, 0.2) is 5.13 Å². The molecule has 1 N–H and O–H groups in total. The number of nitrogens with zero attached hydrogens (tertiary/aromatic N) is 2. The molecule has 5 rings (SSSR count). The first-order valence-electron chi connectivity index (χ1n) is 10.3. The van der Waals surface area contributed by atoms with Crippen LogP contribution in [0.5, 0.6) is 0 Å². The molecule has 0 saturated carbocycles. The van der Waals surface area contributed by atoms with Crippen LogP contribution < -0.4 is 4.90 Å². The predicted molar refractivity (Wildman–Crippen MR) is 122 cm³/mol. The van der Waals surface area contributed by atoms with Crippen LogP contribution in [0.3, 0.4) is 0 Å². The van der Waals surface area contributed by atoms with Crippen LogP contribution in [0.15, 0.2) is 78.7 Å². The fourth-order valence-electron chi connectivity index (χ4n) is 3.95. The number of halogens is 1. The molecule has 2 aliphatic rings. The van der Waals surface area contributed by atoms with Gasteiger partial charge < -0.3 is 10.0 Å². The minimum Gasteiger partial charge on any atom is -0.481 e. The normalized spacial score (nSPS) is 18.5. The summed E-state index contributed by atoms with van der Waals surface area (Å²) in [5, 5.41) is 10.0. The highest BCUT2D eigenvalue weighted by Gasteiger charge is 2.35. The number of aromatic nitrogens is 1. The molecule has 1 atom stereocenters. The molecule has 1 aliphatic carbocycles. The Labute approximate surface area is 184 Å². The van der Waals surface area contributed by atoms with E-state index in [0.717, 1.165) is 32.4 Å². The quantitative estimate of drug-likeness (QED) is 0.546. The number of thiazole rings is 1. The van der Waals surface area contributed by atoms with Gasteiger partial charge in [-0.25, -0.2) is 9.37 Å². The molecule has 4 nitrogen and oxygen atoms in total. The highest BCUT2D eigenvalue weighted by Crippen LogP contribution is 2.42. The number of aliphatic carboxylic acids is 1. The number of hydrogen-bond donors (Lipinski definition) is 1. The van der Waals surface area contributed by atoms with E-state index in [2.05, 4.69) is 36.4 Å². The van der Waals surface area contributed by atoms with Crippen molar-refractivity contribution in [1.82, 2.24) is 4.98 Å². The van der Waals surface area contributed by atoms with E-state index in [1.165, 1.54) is 6.08 Å². The standard InChI is InChI=1S/C25H21FN2O2S/c26-21-12-10-17(11-13-21)16-6-8-18(9-7-16)22-23(19-4-2-1-3-5-19)31-25(27-22)28-14-20(15-28)24(29)30/h1-10,12-13,17,20H,11,14-15H2,(H,29,30)/t17-/m0/s1. The molecule has 0 unspecified atom stereocenters. The summed E-state index contributed by atoms with van der Waals surface area (Å²) in [6, 6.07) is 18.4. The lowest BCUT2D eigenvalue weighted by molar-refractivity contribution is -0.142. The number of allylic oxidation sites excluding steroid dienone is 4. The lowest BCUT2D eigenvalue weighted by Crippen LogP contribution is -2.50. The zero-order chi connectivity index (χ0) is 21.4. The van der Waals surface area contributed by atoms with Crippen LogP contribution in [0, 0.1) is 5.92 Å². The average molecular weight is 433 g/mol. The molecular formula is C25H21FN2O2S. The molecule has 0 amide bonds. The third-order valence-corrected chi connectivity index (χ3v) is 6.99. The van der Waals surface area contributed by atoms with Crippen LogP contribution >= 0.6 is 11.3 Å². The Morgan fingerprint density at radius 1 is 1.06 bits per heavy atom. The second-order valence-electron chi connectivity index (χ2n) is 7.89. The lowest BCUT2D eigenvalue weighted by Gasteiger charge is -2.36. The summed E-state index contributed by atoms with van der Waals surface area (Å²) in [6.45, 7) is 0.987. The van der Waals surface area contributed by atoms with E-state index in [0.29, 0.717) is 19.5 Å². The second-order valence-corrected chi connectivity index (χ2v) is 8.87. The highest BCUT2D eigenvalue weighted by molar-refractivity contribution is 7.19. The van der Waals surface area contributed by atoms with Gasteiger partial charge in [0.05, 0.1) is 16.5 Å². The van der Waals surface area contributed by atoms with Crippen LogP contribution in [-0.2, 0) is 4.79 Å². The number of carboxylic acid groups (broad SMARTS) is 1. The Balaban J connectivity index is 1.46. The van der Waals surface area contributed by atoms with E-state index in [1.807, 2.05) is 29.2 Å². The van der Waals surface area contributed by atoms with Gasteiger partial charge in [-0.3, -0.25) is 4.79 Å². The predicted octanol–water partition coefficient (Wildman–Crippen LogP) is 5.89. The smallest absolute Gasteiger partial charge is 0.310 e. The van der Waals surface area contributed by atoms with Crippen molar-refractivity contribution in [3.05, 3.63) is 84.2 Å². The van der Waals surface area contributed by atoms with Gasteiger partial charge in [-0.15, -0.1) is 0 Å². The van der Waals surface area contributed by atoms with Gasteiger partial charge >= 0.3 is 5.97 Å². The Hall–Kier alpha value is -3.25. The maximum Gasteiger partial charge on any atom is 0.310 e. The first-order valence-corrected chi connectivity index (χ1v) is 11.1. The third-order valence-electron chi connectivity index (χ3n) is 5.82. The topological polar surface area (TPSA) is 53.4 Å². The molecule has 1 saturated heterocycles. The molecule has 2 aromatic carbocycles. The van der Waals surface area contributed by atoms with Gasteiger partial charge in [-0.2, -0.15) is 0 Å². The van der Waals surface area contributed by atoms with Gasteiger partial charge in [0.2, 0.25) is 0 Å². The molecule has 2 heterocycles. The monoisotopic (exact) mass is 432 g/mol. The van der Waals surface area contributed by atoms with Crippen LogP contribution in [0.4, 0.5) is 9.52 Å². The maximum atomic E-state index is 13.3. The minimum absolute atomic E-state index is 0.175. The van der Waals surface area contributed by atoms with E-state index >= 15 is 0 Å². The molecular weight excluding hydrogens is 411 g/mol. The third kappa shape index (κ3) is 3.91. The fraction of sp³-hybridized carbons (Fsp3) is 0.200. The Kier molecular flexibility index (Phi) is 5.16. The molecule has 31 heavy (non-hydrogen) atoms. The SMILES string of the molecule is O=C(O)C1CN(c2nc(-c3ccc([C@H]4C=CC(F)=CC4)cc3)c(-c3ccccc3)s2)C1. The van der Waals surface area contributed by atoms with Gasteiger partial charge in [-0.05, 0) is 29.7 Å². The number of benzene rings is 2. The Morgan fingerprint density at radius 3 is 2.45 bits per heavy atom. The van der Waals surface area contributed by atoms with Crippen LogP contribution in [0.2, 0.25) is 0 Å². The summed E-state index contributed by atoms with van der Waals surface area (Å²) in [7, 11) is 0. The Bertz CT molecular complexity index is 1160. The van der Waals surface area contributed by atoms with Crippen molar-refractivity contribution in [2.75, 3.05) is 18.0 Å². The zero-order valence-corrected chi connectivity index (χ0v) is 17.6. The summed E-state index contributed by atoms with van der Waals surface area (Å²) in [5.41, 5.74) is 4.16. The number of hydrogen-bond acceptors (Lipinski definition) is 4. The number of carbonyl (C=O) groups is 1. The van der Waals surface area contributed by atoms with E-state index in [-0.39, 0.29) is 17.7 Å². The summed E-state index contributed by atoms with van der Waals surface area (Å²) in [4.78, 5) is 19.2. The van der Waals surface area contributed by atoms with Gasteiger partial charge in [0.25, 0.3) is 0 Å². The molecule has 1 fully saturated rings. The molecule has 0 bridgehead atoms. The van der Waals surface area contributed by atoms with Crippen LogP contribution in [0.1, 0.15) is 17.9 Å². The van der Waals surface area contributed by atoms with E-state index in [4.69, 9.17) is 4.98 Å². The van der Waals surface area contributed by atoms with Crippen LogP contribution in [0.25, 0.3) is 21.7 Å². The van der Waals surface area contributed by atoms with Gasteiger partial charge in [0, 0.05) is 24.6 Å². The van der Waals surface area contributed by atoms with Crippen LogP contribution in [-0.4, -0.2) is 29.1 Å². The van der Waals surface area contributed by atoms with Crippen molar-refractivity contribution < 1.29 is 14.3 Å². The van der Waals surface area contributed by atoms with Crippen molar-refractivity contribution in [1.29, 1.82) is 0 Å². The van der Waals surface area contributed by atoms with Crippen molar-refractivity contribution in [2.45, 2.75) is 12.3 Å². The summed E-state index contributed by atoms with van der Waals surface area (Å²) in [6.07, 6.45) is 5.72. The van der Waals surface area contributed by atoms with Gasteiger partial charge in [0.1, 0.15) is 5.83 Å². The minimum atomic E-state index is -0.751. The number of anilines is 1. The molecule has 0 spiro atoms. The second kappa shape index (κ2) is 8.12. The number of rotatable bonds is 5. The van der Waals surface area contributed by atoms with Crippen molar-refractivity contribution >= 4 is 22.4 Å². The Morgan fingerprint density at radius 2 is 1.81 bits per heavy atom. The van der Waals surface area contributed by atoms with E-state index in [9.17, 15) is 14.3 Å². The number of carboxylic acids is 1.